The summed E-state index contributed by atoms with van der Waals surface area (Å²) in [6.45, 7) is 6.34. The third-order valence-corrected chi connectivity index (χ3v) is 4.00. The molecule has 0 bridgehead atoms. The van der Waals surface area contributed by atoms with Gasteiger partial charge >= 0.3 is 0 Å². The van der Waals surface area contributed by atoms with E-state index in [0.717, 1.165) is 4.47 Å². The predicted molar refractivity (Wildman–Crippen MR) is 108 cm³/mol. The number of rotatable bonds is 7. The van der Waals surface area contributed by atoms with E-state index in [4.69, 9.17) is 4.74 Å². The van der Waals surface area contributed by atoms with Gasteiger partial charge in [0.2, 0.25) is 5.91 Å². The normalized spacial score (nSPS) is 10.5. The molecule has 0 radical (unpaired) electrons. The van der Waals surface area contributed by atoms with Crippen molar-refractivity contribution in [3.05, 3.63) is 52.5 Å². The number of hydrogen-bond donors (Lipinski definition) is 2. The van der Waals surface area contributed by atoms with Crippen molar-refractivity contribution < 1.29 is 14.3 Å². The van der Waals surface area contributed by atoms with Crippen molar-refractivity contribution in [2.24, 2.45) is 5.92 Å². The Balaban J connectivity index is 2.06. The minimum atomic E-state index is -0.258. The van der Waals surface area contributed by atoms with E-state index in [-0.39, 0.29) is 11.8 Å². The van der Waals surface area contributed by atoms with Crippen molar-refractivity contribution in [2.45, 2.75) is 27.2 Å². The van der Waals surface area contributed by atoms with E-state index in [0.29, 0.717) is 41.6 Å². The van der Waals surface area contributed by atoms with E-state index in [1.807, 2.05) is 26.8 Å². The Kier molecular flexibility index (Phi) is 7.21. The summed E-state index contributed by atoms with van der Waals surface area (Å²) >= 11 is 3.37. The second kappa shape index (κ2) is 9.38. The topological polar surface area (TPSA) is 67.4 Å². The van der Waals surface area contributed by atoms with Crippen LogP contribution >= 0.6 is 15.9 Å². The van der Waals surface area contributed by atoms with Crippen LogP contribution in [0.1, 0.15) is 37.6 Å². The SMILES string of the molecule is CCOc1ccc(Br)cc1C(=O)Nc1ccc(NC(=O)CC(C)C)cc1. The summed E-state index contributed by atoms with van der Waals surface area (Å²) in [5, 5.41) is 5.69. The molecule has 0 saturated carbocycles. The van der Waals surface area contributed by atoms with Gasteiger partial charge in [0, 0.05) is 22.3 Å². The van der Waals surface area contributed by atoms with Crippen molar-refractivity contribution in [3.8, 4) is 5.75 Å². The van der Waals surface area contributed by atoms with Crippen molar-refractivity contribution in [1.29, 1.82) is 0 Å². The van der Waals surface area contributed by atoms with Crippen LogP contribution in [0.2, 0.25) is 0 Å². The lowest BCUT2D eigenvalue weighted by Crippen LogP contribution is -2.15. The van der Waals surface area contributed by atoms with Crippen LogP contribution in [0.15, 0.2) is 46.9 Å². The first kappa shape index (κ1) is 20.0. The van der Waals surface area contributed by atoms with E-state index in [2.05, 4.69) is 26.6 Å². The van der Waals surface area contributed by atoms with Crippen LogP contribution in [-0.4, -0.2) is 18.4 Å². The summed E-state index contributed by atoms with van der Waals surface area (Å²) < 4.78 is 6.32. The summed E-state index contributed by atoms with van der Waals surface area (Å²) in [4.78, 5) is 24.4. The Bertz CT molecular complexity index is 773. The van der Waals surface area contributed by atoms with Gasteiger partial charge in [-0.3, -0.25) is 9.59 Å². The van der Waals surface area contributed by atoms with Gasteiger partial charge in [0.15, 0.2) is 0 Å². The number of halogens is 1. The molecule has 0 unspecified atom stereocenters. The summed E-state index contributed by atoms with van der Waals surface area (Å²) in [5.74, 6) is 0.558. The maximum absolute atomic E-state index is 12.6. The Morgan fingerprint density at radius 1 is 1.04 bits per heavy atom. The molecule has 0 fully saturated rings. The van der Waals surface area contributed by atoms with Crippen LogP contribution in [0.25, 0.3) is 0 Å². The summed E-state index contributed by atoms with van der Waals surface area (Å²) in [7, 11) is 0. The lowest BCUT2D eigenvalue weighted by molar-refractivity contribution is -0.116. The van der Waals surface area contributed by atoms with Gasteiger partial charge in [-0.05, 0) is 55.3 Å². The van der Waals surface area contributed by atoms with Crippen LogP contribution in [0.5, 0.6) is 5.75 Å². The first-order valence-corrected chi connectivity index (χ1v) is 9.32. The molecule has 0 aromatic heterocycles. The molecule has 0 saturated heterocycles. The fraction of sp³-hybridized carbons (Fsp3) is 0.300. The highest BCUT2D eigenvalue weighted by molar-refractivity contribution is 9.10. The molecule has 2 aromatic carbocycles. The van der Waals surface area contributed by atoms with Gasteiger partial charge in [-0.1, -0.05) is 29.8 Å². The number of ether oxygens (including phenoxy) is 1. The third-order valence-electron chi connectivity index (χ3n) is 3.51. The monoisotopic (exact) mass is 418 g/mol. The lowest BCUT2D eigenvalue weighted by Gasteiger charge is -2.12. The Morgan fingerprint density at radius 3 is 2.23 bits per heavy atom. The van der Waals surface area contributed by atoms with Crippen molar-refractivity contribution >= 4 is 39.1 Å². The molecule has 5 nitrogen and oxygen atoms in total. The first-order valence-electron chi connectivity index (χ1n) is 8.52. The van der Waals surface area contributed by atoms with Gasteiger partial charge in [-0.15, -0.1) is 0 Å². The molecule has 26 heavy (non-hydrogen) atoms. The molecule has 0 heterocycles. The molecule has 138 valence electrons. The summed E-state index contributed by atoms with van der Waals surface area (Å²) in [5.41, 5.74) is 1.79. The van der Waals surface area contributed by atoms with E-state index in [9.17, 15) is 9.59 Å². The highest BCUT2D eigenvalue weighted by Crippen LogP contribution is 2.25. The van der Waals surface area contributed by atoms with Gasteiger partial charge in [-0.25, -0.2) is 0 Å². The quantitative estimate of drug-likeness (QED) is 0.658. The molecule has 0 aliphatic rings. The van der Waals surface area contributed by atoms with E-state index < -0.39 is 0 Å². The van der Waals surface area contributed by atoms with E-state index >= 15 is 0 Å². The van der Waals surface area contributed by atoms with Crippen LogP contribution < -0.4 is 15.4 Å². The number of benzene rings is 2. The van der Waals surface area contributed by atoms with Crippen LogP contribution in [0, 0.1) is 5.92 Å². The molecule has 6 heteroatoms. The third kappa shape index (κ3) is 5.88. The lowest BCUT2D eigenvalue weighted by atomic mass is 10.1. The van der Waals surface area contributed by atoms with E-state index in [1.54, 1.807) is 36.4 Å². The highest BCUT2D eigenvalue weighted by Gasteiger charge is 2.14. The highest BCUT2D eigenvalue weighted by atomic mass is 79.9. The number of hydrogen-bond acceptors (Lipinski definition) is 3. The van der Waals surface area contributed by atoms with Gasteiger partial charge in [0.05, 0.1) is 12.2 Å². The molecule has 2 N–H and O–H groups in total. The Morgan fingerprint density at radius 2 is 1.65 bits per heavy atom. The van der Waals surface area contributed by atoms with Crippen molar-refractivity contribution in [3.63, 3.8) is 0 Å². The zero-order valence-electron chi connectivity index (χ0n) is 15.1. The van der Waals surface area contributed by atoms with Crippen LogP contribution in [0.3, 0.4) is 0 Å². The molecule has 2 rings (SSSR count). The molecule has 0 spiro atoms. The molecule has 0 atom stereocenters. The molecular weight excluding hydrogens is 396 g/mol. The molecule has 2 aromatic rings. The minimum Gasteiger partial charge on any atom is -0.493 e. The maximum Gasteiger partial charge on any atom is 0.259 e. The smallest absolute Gasteiger partial charge is 0.259 e. The molecule has 0 aliphatic carbocycles. The van der Waals surface area contributed by atoms with Crippen molar-refractivity contribution in [1.82, 2.24) is 0 Å². The van der Waals surface area contributed by atoms with Crippen LogP contribution in [-0.2, 0) is 4.79 Å². The summed E-state index contributed by atoms with van der Waals surface area (Å²) in [6, 6.07) is 12.3. The standard InChI is InChI=1S/C20H23BrN2O3/c1-4-26-18-10-5-14(21)12-17(18)20(25)23-16-8-6-15(7-9-16)22-19(24)11-13(2)3/h5-10,12-13H,4,11H2,1-3H3,(H,22,24)(H,23,25). The minimum absolute atomic E-state index is 0.0210. The number of carbonyl (C=O) groups is 2. The second-order valence-electron chi connectivity index (χ2n) is 6.25. The van der Waals surface area contributed by atoms with Crippen molar-refractivity contribution in [2.75, 3.05) is 17.2 Å². The maximum atomic E-state index is 12.6. The summed E-state index contributed by atoms with van der Waals surface area (Å²) in [6.07, 6.45) is 0.474. The number of carbonyl (C=O) groups excluding carboxylic acids is 2. The molecule has 2 amide bonds. The Hall–Kier alpha value is -2.34. The number of nitrogens with one attached hydrogen (secondary N) is 2. The fourth-order valence-corrected chi connectivity index (χ4v) is 2.74. The average molecular weight is 419 g/mol. The van der Waals surface area contributed by atoms with Gasteiger partial charge in [0.1, 0.15) is 5.75 Å². The number of anilines is 2. The first-order chi connectivity index (χ1) is 12.4. The van der Waals surface area contributed by atoms with Gasteiger partial charge in [-0.2, -0.15) is 0 Å². The zero-order valence-corrected chi connectivity index (χ0v) is 16.7. The van der Waals surface area contributed by atoms with Crippen LogP contribution in [0.4, 0.5) is 11.4 Å². The zero-order chi connectivity index (χ0) is 19.1. The predicted octanol–water partition coefficient (Wildman–Crippen LogP) is 5.08. The number of amides is 2. The second-order valence-corrected chi connectivity index (χ2v) is 7.17. The van der Waals surface area contributed by atoms with Gasteiger partial charge < -0.3 is 15.4 Å². The largest absolute Gasteiger partial charge is 0.493 e. The fourth-order valence-electron chi connectivity index (χ4n) is 2.38. The van der Waals surface area contributed by atoms with E-state index in [1.165, 1.54) is 0 Å². The molecule has 0 aliphatic heterocycles. The average Bonchev–Trinajstić information content (AvgIpc) is 2.57. The molecular formula is C20H23BrN2O3. The Labute approximate surface area is 162 Å². The van der Waals surface area contributed by atoms with Gasteiger partial charge in [0.25, 0.3) is 5.91 Å².